The molecular weight excluding hydrogens is 530 g/mol. The Morgan fingerprint density at radius 1 is 1.11 bits per heavy atom. The molecule has 2 aliphatic rings. The summed E-state index contributed by atoms with van der Waals surface area (Å²) >= 11 is 0. The maximum atomic E-state index is 13.3. The van der Waals surface area contributed by atoms with E-state index >= 15 is 0 Å². The monoisotopic (exact) mass is 558 g/mol. The van der Waals surface area contributed by atoms with E-state index < -0.39 is 41.9 Å². The van der Waals surface area contributed by atoms with Gasteiger partial charge in [-0.15, -0.1) is 0 Å². The van der Waals surface area contributed by atoms with Gasteiger partial charge in [0.15, 0.2) is 5.92 Å². The highest BCUT2D eigenvalue weighted by Gasteiger charge is 2.52. The number of amides is 2. The van der Waals surface area contributed by atoms with Crippen LogP contribution in [-0.4, -0.2) is 105 Å². The van der Waals surface area contributed by atoms with E-state index in [1.54, 1.807) is 9.80 Å². The van der Waals surface area contributed by atoms with Crippen molar-refractivity contribution in [2.75, 3.05) is 64.6 Å². The molecule has 2 aliphatic heterocycles. The summed E-state index contributed by atoms with van der Waals surface area (Å²) in [6.45, 7) is 0.695. The number of aromatic nitrogens is 2. The van der Waals surface area contributed by atoms with Crippen LogP contribution in [0.25, 0.3) is 0 Å². The lowest BCUT2D eigenvalue weighted by Gasteiger charge is -2.35. The number of alkyl halides is 6. The summed E-state index contributed by atoms with van der Waals surface area (Å²) in [6, 6.07) is 0. The van der Waals surface area contributed by atoms with Crippen molar-refractivity contribution in [2.45, 2.75) is 31.0 Å². The van der Waals surface area contributed by atoms with Gasteiger partial charge in [-0.25, -0.2) is 15.4 Å². The highest BCUT2D eigenvalue weighted by molar-refractivity contribution is 5.80. The van der Waals surface area contributed by atoms with Crippen LogP contribution in [0.5, 0.6) is 0 Å². The Morgan fingerprint density at radius 3 is 2.34 bits per heavy atom. The number of nitrogens with one attached hydrogen (secondary N) is 2. The van der Waals surface area contributed by atoms with Crippen LogP contribution >= 0.6 is 0 Å². The number of nitrogens with zero attached hydrogens (tertiary/aromatic N) is 4. The standard InChI is InChI=1S/C21H28F6N6O5/c1-36-11-14(38-15-10-30-31-18(35)17(15)21(25,26)27)12-37-7-2-16(34)32-3-5-33(6-4-32)19-28-8-13(9-29-19)20(22,23)24/h8-9,14-15,17,30H,2-7,10-12H2,1H3,(H,31,35)/t14-,15?,17?/m0/s1. The van der Waals surface area contributed by atoms with E-state index in [2.05, 4.69) is 15.4 Å². The third kappa shape index (κ3) is 8.12. The second-order valence-electron chi connectivity index (χ2n) is 8.60. The zero-order valence-electron chi connectivity index (χ0n) is 20.3. The van der Waals surface area contributed by atoms with Gasteiger partial charge in [0.05, 0.1) is 37.9 Å². The fraction of sp³-hybridized carbons (Fsp3) is 0.714. The minimum Gasteiger partial charge on any atom is -0.382 e. The third-order valence-corrected chi connectivity index (χ3v) is 5.89. The smallest absolute Gasteiger partial charge is 0.382 e. The van der Waals surface area contributed by atoms with E-state index in [1.165, 1.54) is 7.11 Å². The van der Waals surface area contributed by atoms with Crippen LogP contribution in [0, 0.1) is 5.92 Å². The van der Waals surface area contributed by atoms with Gasteiger partial charge in [-0.1, -0.05) is 0 Å². The molecule has 11 nitrogen and oxygen atoms in total. The van der Waals surface area contributed by atoms with Crippen molar-refractivity contribution in [2.24, 2.45) is 5.92 Å². The molecule has 0 radical (unpaired) electrons. The van der Waals surface area contributed by atoms with Crippen molar-refractivity contribution in [3.05, 3.63) is 18.0 Å². The van der Waals surface area contributed by atoms with Crippen molar-refractivity contribution in [1.82, 2.24) is 25.7 Å². The average molecular weight is 558 g/mol. The Kier molecular flexibility index (Phi) is 10.1. The first-order chi connectivity index (χ1) is 17.9. The van der Waals surface area contributed by atoms with Crippen molar-refractivity contribution >= 4 is 17.8 Å². The molecule has 0 bridgehead atoms. The van der Waals surface area contributed by atoms with E-state index in [1.807, 2.05) is 5.43 Å². The fourth-order valence-electron chi connectivity index (χ4n) is 3.97. The highest BCUT2D eigenvalue weighted by atomic mass is 19.4. The van der Waals surface area contributed by atoms with Gasteiger partial charge < -0.3 is 24.0 Å². The number of halogens is 6. The molecule has 2 fully saturated rings. The number of hydrogen-bond acceptors (Lipinski definition) is 9. The van der Waals surface area contributed by atoms with Crippen LogP contribution in [0.1, 0.15) is 12.0 Å². The molecule has 214 valence electrons. The van der Waals surface area contributed by atoms with E-state index in [0.29, 0.717) is 38.6 Å². The summed E-state index contributed by atoms with van der Waals surface area (Å²) in [5, 5.41) is 0. The molecule has 3 rings (SSSR count). The molecular formula is C21H28F6N6O5. The maximum absolute atomic E-state index is 13.3. The first kappa shape index (κ1) is 29.8. The third-order valence-electron chi connectivity index (χ3n) is 5.89. The van der Waals surface area contributed by atoms with Crippen molar-refractivity contribution in [3.8, 4) is 0 Å². The Bertz CT molecular complexity index is 927. The van der Waals surface area contributed by atoms with Crippen molar-refractivity contribution in [3.63, 3.8) is 0 Å². The zero-order valence-corrected chi connectivity index (χ0v) is 20.3. The predicted octanol–water partition coefficient (Wildman–Crippen LogP) is 0.764. The van der Waals surface area contributed by atoms with Gasteiger partial charge in [0.1, 0.15) is 6.10 Å². The summed E-state index contributed by atoms with van der Waals surface area (Å²) in [5.74, 6) is -3.69. The quantitative estimate of drug-likeness (QED) is 0.317. The number of anilines is 1. The molecule has 3 atom stereocenters. The number of ether oxygens (including phenoxy) is 3. The maximum Gasteiger partial charge on any atom is 0.419 e. The van der Waals surface area contributed by atoms with Crippen LogP contribution < -0.4 is 15.8 Å². The summed E-state index contributed by atoms with van der Waals surface area (Å²) in [5.41, 5.74) is 3.36. The lowest BCUT2D eigenvalue weighted by molar-refractivity contribution is -0.223. The van der Waals surface area contributed by atoms with Gasteiger partial charge in [0.2, 0.25) is 17.8 Å². The molecule has 2 saturated heterocycles. The Morgan fingerprint density at radius 2 is 1.76 bits per heavy atom. The second-order valence-corrected chi connectivity index (χ2v) is 8.60. The molecule has 0 aliphatic carbocycles. The van der Waals surface area contributed by atoms with Gasteiger partial charge in [-0.2, -0.15) is 26.3 Å². The topological polar surface area (TPSA) is 118 Å². The number of rotatable bonds is 10. The minimum absolute atomic E-state index is 0.00491. The molecule has 1 aromatic heterocycles. The molecule has 2 unspecified atom stereocenters. The van der Waals surface area contributed by atoms with E-state index in [4.69, 9.17) is 14.2 Å². The summed E-state index contributed by atoms with van der Waals surface area (Å²) < 4.78 is 93.8. The number of carbonyl (C=O) groups is 2. The van der Waals surface area contributed by atoms with Crippen LogP contribution in [0.3, 0.4) is 0 Å². The normalized spacial score (nSPS) is 21.8. The number of hydrazine groups is 1. The van der Waals surface area contributed by atoms with Crippen LogP contribution in [0.4, 0.5) is 32.3 Å². The number of methoxy groups -OCH3 is 1. The summed E-state index contributed by atoms with van der Waals surface area (Å²) in [4.78, 5) is 35.0. The lowest BCUT2D eigenvalue weighted by atomic mass is 9.99. The molecule has 17 heteroatoms. The largest absolute Gasteiger partial charge is 0.419 e. The zero-order chi connectivity index (χ0) is 27.9. The summed E-state index contributed by atoms with van der Waals surface area (Å²) in [6.07, 6.45) is -10.3. The molecule has 0 aromatic carbocycles. The number of carbonyl (C=O) groups excluding carboxylic acids is 2. The van der Waals surface area contributed by atoms with Gasteiger partial charge >= 0.3 is 12.4 Å². The Hall–Kier alpha value is -2.76. The van der Waals surface area contributed by atoms with Gasteiger partial charge in [-0.05, 0) is 0 Å². The van der Waals surface area contributed by atoms with Crippen LogP contribution in [0.2, 0.25) is 0 Å². The van der Waals surface area contributed by atoms with Crippen molar-refractivity contribution < 1.29 is 50.1 Å². The average Bonchev–Trinajstić information content (AvgIpc) is 2.85. The second kappa shape index (κ2) is 12.9. The van der Waals surface area contributed by atoms with Crippen molar-refractivity contribution in [1.29, 1.82) is 0 Å². The van der Waals surface area contributed by atoms with Crippen LogP contribution in [0.15, 0.2) is 12.4 Å². The molecule has 3 heterocycles. The van der Waals surface area contributed by atoms with E-state index in [0.717, 1.165) is 0 Å². The Balaban J connectivity index is 1.41. The van der Waals surface area contributed by atoms with Gasteiger partial charge in [0, 0.05) is 52.2 Å². The van der Waals surface area contributed by atoms with Crippen LogP contribution in [-0.2, 0) is 30.0 Å². The number of piperazine rings is 1. The predicted molar refractivity (Wildman–Crippen MR) is 117 cm³/mol. The summed E-state index contributed by atoms with van der Waals surface area (Å²) in [7, 11) is 1.34. The number of hydrogen-bond donors (Lipinski definition) is 2. The SMILES string of the molecule is COC[C@@H](COCCC(=O)N1CCN(c2ncc(C(F)(F)F)cn2)CC1)OC1CNNC(=O)C1C(F)(F)F. The first-order valence-corrected chi connectivity index (χ1v) is 11.6. The molecule has 38 heavy (non-hydrogen) atoms. The highest BCUT2D eigenvalue weighted by Crippen LogP contribution is 2.32. The molecule has 1 aromatic rings. The van der Waals surface area contributed by atoms with E-state index in [9.17, 15) is 35.9 Å². The molecule has 2 N–H and O–H groups in total. The Labute approximate surface area is 213 Å². The van der Waals surface area contributed by atoms with Gasteiger partial charge in [0.25, 0.3) is 0 Å². The minimum atomic E-state index is -4.80. The lowest BCUT2D eigenvalue weighted by Crippen LogP contribution is -2.61. The first-order valence-electron chi connectivity index (χ1n) is 11.6. The van der Waals surface area contributed by atoms with Gasteiger partial charge in [-0.3, -0.25) is 15.0 Å². The molecule has 2 amide bonds. The molecule has 0 spiro atoms. The fourth-order valence-corrected chi connectivity index (χ4v) is 3.97. The molecule has 0 saturated carbocycles. The van der Waals surface area contributed by atoms with E-state index in [-0.39, 0.29) is 44.6 Å².